The number of H-pyrrole nitrogens is 1. The van der Waals surface area contributed by atoms with Gasteiger partial charge in [-0.2, -0.15) is 0 Å². The summed E-state index contributed by atoms with van der Waals surface area (Å²) in [6, 6.07) is 3.59. The van der Waals surface area contributed by atoms with Crippen molar-refractivity contribution in [2.75, 3.05) is 5.09 Å². The second kappa shape index (κ2) is 3.15. The first kappa shape index (κ1) is 6.17. The van der Waals surface area contributed by atoms with Crippen molar-refractivity contribution in [3.8, 4) is 0 Å². The Labute approximate surface area is 54.4 Å². The van der Waals surface area contributed by atoms with Crippen LogP contribution in [0.2, 0.25) is 0 Å². The van der Waals surface area contributed by atoms with Gasteiger partial charge in [-0.25, -0.2) is 9.55 Å². The van der Waals surface area contributed by atoms with Gasteiger partial charge in [0.2, 0.25) is 0 Å². The lowest BCUT2D eigenvalue weighted by atomic mass is 10.4. The average molecular weight is 141 g/mol. The predicted octanol–water partition coefficient (Wildman–Crippen LogP) is 1.12. The van der Waals surface area contributed by atoms with Crippen molar-refractivity contribution in [2.45, 2.75) is 0 Å². The van der Waals surface area contributed by atoms with Crippen molar-refractivity contribution in [3.63, 3.8) is 0 Å². The SMILES string of the molecule is O=PNc1cc[nH+]cc1. The number of hydrogen-bond acceptors (Lipinski definition) is 1. The molecule has 9 heavy (non-hydrogen) atoms. The minimum absolute atomic E-state index is 0.0689. The first-order chi connectivity index (χ1) is 4.43. The van der Waals surface area contributed by atoms with Gasteiger partial charge in [-0.15, -0.1) is 0 Å². The smallest absolute Gasteiger partial charge is 0.279 e. The van der Waals surface area contributed by atoms with E-state index in [1.54, 1.807) is 24.5 Å². The second-order valence-electron chi connectivity index (χ2n) is 1.49. The van der Waals surface area contributed by atoms with Crippen LogP contribution in [0, 0.1) is 0 Å². The monoisotopic (exact) mass is 141 g/mol. The van der Waals surface area contributed by atoms with E-state index in [0.717, 1.165) is 5.69 Å². The zero-order chi connectivity index (χ0) is 6.53. The van der Waals surface area contributed by atoms with E-state index in [1.165, 1.54) is 0 Å². The van der Waals surface area contributed by atoms with Gasteiger partial charge in [0.15, 0.2) is 12.4 Å². The Bertz CT molecular complexity index is 189. The Morgan fingerprint density at radius 1 is 1.44 bits per heavy atom. The van der Waals surface area contributed by atoms with Crippen molar-refractivity contribution in [1.82, 2.24) is 0 Å². The Morgan fingerprint density at radius 3 is 2.67 bits per heavy atom. The number of anilines is 1. The summed E-state index contributed by atoms with van der Waals surface area (Å²) in [7, 11) is -0.0689. The number of aromatic nitrogens is 1. The Balaban J connectivity index is 2.72. The molecule has 46 valence electrons. The summed E-state index contributed by atoms with van der Waals surface area (Å²) < 4.78 is 9.95. The fourth-order valence-corrected chi connectivity index (χ4v) is 0.769. The highest BCUT2D eigenvalue weighted by Gasteiger charge is 1.87. The van der Waals surface area contributed by atoms with E-state index in [4.69, 9.17) is 0 Å². The minimum Gasteiger partial charge on any atom is -0.305 e. The molecule has 1 aromatic rings. The molecule has 4 heteroatoms. The van der Waals surface area contributed by atoms with Gasteiger partial charge < -0.3 is 5.09 Å². The van der Waals surface area contributed by atoms with Crippen molar-refractivity contribution in [2.24, 2.45) is 0 Å². The molecule has 0 amide bonds. The van der Waals surface area contributed by atoms with E-state index >= 15 is 0 Å². The number of hydrogen-bond donors (Lipinski definition) is 1. The van der Waals surface area contributed by atoms with Crippen LogP contribution in [0.25, 0.3) is 0 Å². The molecule has 1 heterocycles. The molecule has 0 aromatic carbocycles. The van der Waals surface area contributed by atoms with Gasteiger partial charge in [0.05, 0.1) is 5.69 Å². The standard InChI is InChI=1S/C5H5N2OP/c8-9-7-5-1-3-6-4-2-5/h1-4H,(H,6,7,8)/p+1. The van der Waals surface area contributed by atoms with Gasteiger partial charge in [-0.05, 0) is 0 Å². The maximum atomic E-state index is 9.95. The third-order valence-electron chi connectivity index (χ3n) is 0.893. The number of rotatable bonds is 2. The third-order valence-corrected chi connectivity index (χ3v) is 1.24. The summed E-state index contributed by atoms with van der Waals surface area (Å²) in [6.07, 6.45) is 3.51. The summed E-state index contributed by atoms with van der Waals surface area (Å²) in [5, 5.41) is 2.60. The normalized spacial score (nSPS) is 9.33. The minimum atomic E-state index is -0.0689. The van der Waals surface area contributed by atoms with Gasteiger partial charge in [0.25, 0.3) is 8.61 Å². The fraction of sp³-hybridized carbons (Fsp3) is 0. The predicted molar refractivity (Wildman–Crippen MR) is 34.2 cm³/mol. The van der Waals surface area contributed by atoms with Crippen LogP contribution in [0.15, 0.2) is 24.5 Å². The summed E-state index contributed by atoms with van der Waals surface area (Å²) >= 11 is 0. The van der Waals surface area contributed by atoms with Crippen LogP contribution in [0.3, 0.4) is 0 Å². The number of pyridine rings is 1. The van der Waals surface area contributed by atoms with E-state index in [-0.39, 0.29) is 8.61 Å². The molecule has 1 aromatic heterocycles. The van der Waals surface area contributed by atoms with Crippen LogP contribution < -0.4 is 10.1 Å². The zero-order valence-electron chi connectivity index (χ0n) is 4.66. The lowest BCUT2D eigenvalue weighted by Crippen LogP contribution is -1.96. The van der Waals surface area contributed by atoms with Gasteiger partial charge in [-0.1, -0.05) is 0 Å². The molecule has 0 unspecified atom stereocenters. The Hall–Kier alpha value is -0.950. The van der Waals surface area contributed by atoms with E-state index in [1.807, 2.05) is 0 Å². The van der Waals surface area contributed by atoms with Crippen molar-refractivity contribution >= 4 is 14.3 Å². The summed E-state index contributed by atoms with van der Waals surface area (Å²) in [5.74, 6) is 0. The van der Waals surface area contributed by atoms with Gasteiger partial charge >= 0.3 is 0 Å². The van der Waals surface area contributed by atoms with Crippen molar-refractivity contribution in [1.29, 1.82) is 0 Å². The molecule has 2 N–H and O–H groups in total. The summed E-state index contributed by atoms with van der Waals surface area (Å²) in [5.41, 5.74) is 0.838. The second-order valence-corrected chi connectivity index (χ2v) is 1.90. The van der Waals surface area contributed by atoms with Crippen LogP contribution in [-0.4, -0.2) is 0 Å². The van der Waals surface area contributed by atoms with Crippen LogP contribution in [0.1, 0.15) is 0 Å². The zero-order valence-corrected chi connectivity index (χ0v) is 5.56. The van der Waals surface area contributed by atoms with Crippen LogP contribution in [0.4, 0.5) is 5.69 Å². The molecular weight excluding hydrogens is 135 g/mol. The molecule has 0 aliphatic carbocycles. The molecule has 0 atom stereocenters. The Morgan fingerprint density at radius 2 is 2.11 bits per heavy atom. The van der Waals surface area contributed by atoms with Crippen LogP contribution >= 0.6 is 8.61 Å². The highest BCUT2D eigenvalue weighted by molar-refractivity contribution is 7.25. The molecular formula is C5H6N2OP+. The fourth-order valence-electron chi connectivity index (χ4n) is 0.514. The molecule has 0 saturated carbocycles. The summed E-state index contributed by atoms with van der Waals surface area (Å²) in [6.45, 7) is 0. The topological polar surface area (TPSA) is 43.2 Å². The molecule has 0 fully saturated rings. The molecule has 0 spiro atoms. The molecule has 3 nitrogen and oxygen atoms in total. The number of nitrogens with one attached hydrogen (secondary N) is 2. The number of aromatic amines is 1. The lowest BCUT2D eigenvalue weighted by Gasteiger charge is -1.88. The van der Waals surface area contributed by atoms with Gasteiger partial charge in [0, 0.05) is 12.1 Å². The highest BCUT2D eigenvalue weighted by atomic mass is 31.1. The van der Waals surface area contributed by atoms with Crippen molar-refractivity contribution in [3.05, 3.63) is 24.5 Å². The highest BCUT2D eigenvalue weighted by Crippen LogP contribution is 2.05. The average Bonchev–Trinajstić information content (AvgIpc) is 1.91. The van der Waals surface area contributed by atoms with E-state index in [0.29, 0.717) is 0 Å². The Kier molecular flexibility index (Phi) is 2.16. The van der Waals surface area contributed by atoms with E-state index in [2.05, 4.69) is 10.1 Å². The third kappa shape index (κ3) is 1.78. The van der Waals surface area contributed by atoms with Crippen LogP contribution in [-0.2, 0) is 4.57 Å². The van der Waals surface area contributed by atoms with Crippen LogP contribution in [0.5, 0.6) is 0 Å². The maximum Gasteiger partial charge on any atom is 0.279 e. The summed E-state index contributed by atoms with van der Waals surface area (Å²) in [4.78, 5) is 2.85. The molecule has 1 rings (SSSR count). The van der Waals surface area contributed by atoms with E-state index in [9.17, 15) is 4.57 Å². The first-order valence-electron chi connectivity index (χ1n) is 2.48. The van der Waals surface area contributed by atoms with Gasteiger partial charge in [-0.3, -0.25) is 0 Å². The largest absolute Gasteiger partial charge is 0.305 e. The quantitative estimate of drug-likeness (QED) is 0.627. The molecule has 0 aliphatic rings. The molecule has 0 bridgehead atoms. The van der Waals surface area contributed by atoms with E-state index < -0.39 is 0 Å². The maximum absolute atomic E-state index is 9.95. The lowest BCUT2D eigenvalue weighted by molar-refractivity contribution is -0.377. The molecule has 0 radical (unpaired) electrons. The van der Waals surface area contributed by atoms with Gasteiger partial charge in [0.1, 0.15) is 0 Å². The molecule has 0 saturated heterocycles. The van der Waals surface area contributed by atoms with Crippen molar-refractivity contribution < 1.29 is 9.55 Å². The molecule has 0 aliphatic heterocycles. The first-order valence-corrected chi connectivity index (χ1v) is 3.29.